The molecule has 0 aliphatic rings. The lowest BCUT2D eigenvalue weighted by Gasteiger charge is -2.04. The molecule has 2 rings (SSSR count). The standard InChI is InChI=1S/C10H9ClN2O/c1-6-12-9-4-3-7(11)5-8(9)10(14)13(6)2/h3-5H,1-2H3. The third kappa shape index (κ3) is 1.30. The molecular weight excluding hydrogens is 200 g/mol. The Bertz CT molecular complexity index is 560. The van der Waals surface area contributed by atoms with E-state index in [-0.39, 0.29) is 5.56 Å². The molecule has 0 aliphatic heterocycles. The molecule has 3 nitrogen and oxygen atoms in total. The van der Waals surface area contributed by atoms with E-state index in [1.807, 2.05) is 0 Å². The first-order valence-electron chi connectivity index (χ1n) is 4.22. The second-order valence-corrected chi connectivity index (χ2v) is 3.62. The average Bonchev–Trinajstić information content (AvgIpc) is 2.16. The Morgan fingerprint density at radius 3 is 2.86 bits per heavy atom. The minimum Gasteiger partial charge on any atom is -0.299 e. The van der Waals surface area contributed by atoms with Crippen molar-refractivity contribution in [3.05, 3.63) is 39.4 Å². The smallest absolute Gasteiger partial charge is 0.261 e. The molecule has 0 saturated carbocycles. The van der Waals surface area contributed by atoms with Gasteiger partial charge in [-0.1, -0.05) is 11.6 Å². The van der Waals surface area contributed by atoms with Crippen molar-refractivity contribution < 1.29 is 0 Å². The Labute approximate surface area is 86.0 Å². The van der Waals surface area contributed by atoms with Crippen LogP contribution in [0.15, 0.2) is 23.0 Å². The minimum absolute atomic E-state index is 0.0602. The Hall–Kier alpha value is -1.35. The lowest BCUT2D eigenvalue weighted by atomic mass is 10.2. The molecule has 1 aromatic heterocycles. The number of nitrogens with zero attached hydrogens (tertiary/aromatic N) is 2. The molecule has 14 heavy (non-hydrogen) atoms. The van der Waals surface area contributed by atoms with Crippen LogP contribution in [0.3, 0.4) is 0 Å². The second-order valence-electron chi connectivity index (χ2n) is 3.18. The van der Waals surface area contributed by atoms with Gasteiger partial charge in [-0.25, -0.2) is 4.98 Å². The van der Waals surface area contributed by atoms with Gasteiger partial charge in [-0.3, -0.25) is 9.36 Å². The van der Waals surface area contributed by atoms with Crippen molar-refractivity contribution in [3.8, 4) is 0 Å². The summed E-state index contributed by atoms with van der Waals surface area (Å²) in [4.78, 5) is 16.0. The van der Waals surface area contributed by atoms with Crippen LogP contribution in [0, 0.1) is 6.92 Å². The predicted molar refractivity (Wildman–Crippen MR) is 56.7 cm³/mol. The summed E-state index contributed by atoms with van der Waals surface area (Å²) >= 11 is 5.81. The predicted octanol–water partition coefficient (Wildman–Crippen LogP) is 1.90. The Balaban J connectivity index is 2.99. The van der Waals surface area contributed by atoms with Gasteiger partial charge in [-0.05, 0) is 25.1 Å². The Kier molecular flexibility index (Phi) is 2.04. The monoisotopic (exact) mass is 208 g/mol. The largest absolute Gasteiger partial charge is 0.299 e. The van der Waals surface area contributed by atoms with Crippen LogP contribution in [0.25, 0.3) is 10.9 Å². The maximum atomic E-state index is 11.8. The molecule has 0 amide bonds. The Morgan fingerprint density at radius 2 is 2.14 bits per heavy atom. The van der Waals surface area contributed by atoms with E-state index < -0.39 is 0 Å². The number of hydrogen-bond donors (Lipinski definition) is 0. The maximum absolute atomic E-state index is 11.8. The number of fused-ring (bicyclic) bond motifs is 1. The Morgan fingerprint density at radius 1 is 1.43 bits per heavy atom. The topological polar surface area (TPSA) is 34.9 Å². The molecule has 4 heteroatoms. The highest BCUT2D eigenvalue weighted by atomic mass is 35.5. The van der Waals surface area contributed by atoms with Crippen molar-refractivity contribution in [1.29, 1.82) is 0 Å². The van der Waals surface area contributed by atoms with Gasteiger partial charge in [0.1, 0.15) is 5.82 Å². The molecule has 0 aliphatic carbocycles. The molecule has 0 bridgehead atoms. The van der Waals surface area contributed by atoms with E-state index in [0.29, 0.717) is 21.7 Å². The van der Waals surface area contributed by atoms with E-state index in [0.717, 1.165) is 0 Å². The number of aromatic nitrogens is 2. The van der Waals surface area contributed by atoms with Crippen LogP contribution in [-0.2, 0) is 7.05 Å². The van der Waals surface area contributed by atoms with Crippen LogP contribution >= 0.6 is 11.6 Å². The average molecular weight is 209 g/mol. The summed E-state index contributed by atoms with van der Waals surface area (Å²) in [5, 5.41) is 1.12. The first-order chi connectivity index (χ1) is 6.59. The van der Waals surface area contributed by atoms with Gasteiger partial charge in [0.25, 0.3) is 5.56 Å². The zero-order chi connectivity index (χ0) is 10.3. The molecule has 0 N–H and O–H groups in total. The highest BCUT2D eigenvalue weighted by Crippen LogP contribution is 2.14. The molecule has 0 radical (unpaired) electrons. The van der Waals surface area contributed by atoms with Crippen LogP contribution in [0.2, 0.25) is 5.02 Å². The minimum atomic E-state index is -0.0602. The van der Waals surface area contributed by atoms with E-state index in [9.17, 15) is 4.79 Å². The van der Waals surface area contributed by atoms with Crippen LogP contribution < -0.4 is 5.56 Å². The zero-order valence-corrected chi connectivity index (χ0v) is 8.67. The SMILES string of the molecule is Cc1nc2ccc(Cl)cc2c(=O)n1C. The van der Waals surface area contributed by atoms with Gasteiger partial charge in [-0.2, -0.15) is 0 Å². The quantitative estimate of drug-likeness (QED) is 0.663. The maximum Gasteiger partial charge on any atom is 0.261 e. The van der Waals surface area contributed by atoms with E-state index >= 15 is 0 Å². The second kappa shape index (κ2) is 3.10. The van der Waals surface area contributed by atoms with Crippen molar-refractivity contribution in [1.82, 2.24) is 9.55 Å². The van der Waals surface area contributed by atoms with E-state index in [1.54, 1.807) is 32.2 Å². The van der Waals surface area contributed by atoms with Gasteiger partial charge in [0, 0.05) is 12.1 Å². The summed E-state index contributed by atoms with van der Waals surface area (Å²) in [5.41, 5.74) is 0.630. The lowest BCUT2D eigenvalue weighted by molar-refractivity contribution is 0.792. The van der Waals surface area contributed by atoms with Crippen LogP contribution in [-0.4, -0.2) is 9.55 Å². The van der Waals surface area contributed by atoms with Crippen molar-refractivity contribution in [2.24, 2.45) is 7.05 Å². The van der Waals surface area contributed by atoms with Crippen LogP contribution in [0.4, 0.5) is 0 Å². The third-order valence-corrected chi connectivity index (χ3v) is 2.50. The van der Waals surface area contributed by atoms with E-state index in [1.165, 1.54) is 4.57 Å². The van der Waals surface area contributed by atoms with Gasteiger partial charge in [0.2, 0.25) is 0 Å². The molecule has 0 atom stereocenters. The highest BCUT2D eigenvalue weighted by molar-refractivity contribution is 6.31. The number of rotatable bonds is 0. The summed E-state index contributed by atoms with van der Waals surface area (Å²) in [6.45, 7) is 1.80. The molecule has 1 aromatic carbocycles. The molecule has 0 unspecified atom stereocenters. The van der Waals surface area contributed by atoms with Crippen molar-refractivity contribution in [2.45, 2.75) is 6.92 Å². The van der Waals surface area contributed by atoms with Crippen LogP contribution in [0.1, 0.15) is 5.82 Å². The first-order valence-corrected chi connectivity index (χ1v) is 4.60. The fourth-order valence-electron chi connectivity index (χ4n) is 1.35. The number of halogens is 1. The summed E-state index contributed by atoms with van der Waals surface area (Å²) in [6.07, 6.45) is 0. The normalized spacial score (nSPS) is 10.8. The van der Waals surface area contributed by atoms with Gasteiger partial charge >= 0.3 is 0 Å². The van der Waals surface area contributed by atoms with Gasteiger partial charge < -0.3 is 0 Å². The number of aryl methyl sites for hydroxylation is 1. The fraction of sp³-hybridized carbons (Fsp3) is 0.200. The molecule has 0 fully saturated rings. The number of hydrogen-bond acceptors (Lipinski definition) is 2. The first kappa shape index (κ1) is 9.21. The molecule has 0 saturated heterocycles. The molecule has 1 heterocycles. The molecular formula is C10H9ClN2O. The molecule has 0 spiro atoms. The van der Waals surface area contributed by atoms with Crippen LogP contribution in [0.5, 0.6) is 0 Å². The van der Waals surface area contributed by atoms with Crippen molar-refractivity contribution in [3.63, 3.8) is 0 Å². The highest BCUT2D eigenvalue weighted by Gasteiger charge is 2.04. The molecule has 72 valence electrons. The summed E-state index contributed by atoms with van der Waals surface area (Å²) in [5.74, 6) is 0.699. The van der Waals surface area contributed by atoms with Gasteiger partial charge in [-0.15, -0.1) is 0 Å². The zero-order valence-electron chi connectivity index (χ0n) is 7.91. The van der Waals surface area contributed by atoms with E-state index in [2.05, 4.69) is 4.98 Å². The molecule has 2 aromatic rings. The summed E-state index contributed by atoms with van der Waals surface area (Å²) in [6, 6.07) is 5.13. The summed E-state index contributed by atoms with van der Waals surface area (Å²) in [7, 11) is 1.70. The van der Waals surface area contributed by atoms with Crippen molar-refractivity contribution >= 4 is 22.5 Å². The van der Waals surface area contributed by atoms with Gasteiger partial charge in [0.15, 0.2) is 0 Å². The lowest BCUT2D eigenvalue weighted by Crippen LogP contribution is -2.20. The number of benzene rings is 1. The third-order valence-electron chi connectivity index (χ3n) is 2.26. The van der Waals surface area contributed by atoms with Crippen molar-refractivity contribution in [2.75, 3.05) is 0 Å². The fourth-order valence-corrected chi connectivity index (χ4v) is 1.53. The van der Waals surface area contributed by atoms with E-state index in [4.69, 9.17) is 11.6 Å². The summed E-state index contributed by atoms with van der Waals surface area (Å²) < 4.78 is 1.51. The van der Waals surface area contributed by atoms with Gasteiger partial charge in [0.05, 0.1) is 10.9 Å².